The van der Waals surface area contributed by atoms with Crippen LogP contribution < -0.4 is 0 Å². The standard InChI is InChI=1S/C11H20O4/c1-6-8(3)14-10(13)11(4,5)15-9(12)7-2/h8H,6-7H2,1-5H3. The Balaban J connectivity index is 4.31. The van der Waals surface area contributed by atoms with Crippen LogP contribution in [0.25, 0.3) is 0 Å². The number of rotatable bonds is 5. The molecule has 0 aromatic heterocycles. The molecule has 0 radical (unpaired) electrons. The van der Waals surface area contributed by atoms with Gasteiger partial charge in [-0.15, -0.1) is 0 Å². The Morgan fingerprint density at radius 3 is 2.20 bits per heavy atom. The number of esters is 2. The first-order valence-electron chi connectivity index (χ1n) is 5.26. The summed E-state index contributed by atoms with van der Waals surface area (Å²) in [5.74, 6) is -0.903. The Labute approximate surface area is 90.9 Å². The molecule has 0 saturated carbocycles. The lowest BCUT2D eigenvalue weighted by Crippen LogP contribution is -2.40. The van der Waals surface area contributed by atoms with E-state index in [0.29, 0.717) is 0 Å². The molecule has 0 fully saturated rings. The molecule has 0 aromatic carbocycles. The molecule has 0 amide bonds. The molecule has 88 valence electrons. The van der Waals surface area contributed by atoms with Crippen LogP contribution in [0.4, 0.5) is 0 Å². The first-order valence-corrected chi connectivity index (χ1v) is 5.26. The van der Waals surface area contributed by atoms with Crippen molar-refractivity contribution in [2.45, 2.75) is 59.2 Å². The number of ether oxygens (including phenoxy) is 2. The first-order chi connectivity index (χ1) is 6.83. The van der Waals surface area contributed by atoms with Crippen LogP contribution in [0.3, 0.4) is 0 Å². The van der Waals surface area contributed by atoms with Crippen LogP contribution in [-0.2, 0) is 19.1 Å². The minimum Gasteiger partial charge on any atom is -0.460 e. The van der Waals surface area contributed by atoms with E-state index >= 15 is 0 Å². The molecule has 4 heteroatoms. The monoisotopic (exact) mass is 216 g/mol. The maximum atomic E-state index is 11.6. The molecule has 0 N–H and O–H groups in total. The Bertz CT molecular complexity index is 233. The molecule has 15 heavy (non-hydrogen) atoms. The maximum Gasteiger partial charge on any atom is 0.350 e. The van der Waals surface area contributed by atoms with Crippen LogP contribution in [0.1, 0.15) is 47.5 Å². The highest BCUT2D eigenvalue weighted by molar-refractivity contribution is 5.82. The summed E-state index contributed by atoms with van der Waals surface area (Å²) < 4.78 is 10.1. The van der Waals surface area contributed by atoms with Crippen LogP contribution >= 0.6 is 0 Å². The van der Waals surface area contributed by atoms with Crippen molar-refractivity contribution in [3.05, 3.63) is 0 Å². The number of hydrogen-bond acceptors (Lipinski definition) is 4. The van der Waals surface area contributed by atoms with Crippen LogP contribution in [0.2, 0.25) is 0 Å². The van der Waals surface area contributed by atoms with Gasteiger partial charge in [0.25, 0.3) is 0 Å². The molecule has 0 aromatic rings. The molecule has 0 aliphatic rings. The third-order valence-electron chi connectivity index (χ3n) is 2.03. The van der Waals surface area contributed by atoms with E-state index in [1.807, 2.05) is 6.92 Å². The summed E-state index contributed by atoms with van der Waals surface area (Å²) in [5.41, 5.74) is -1.20. The van der Waals surface area contributed by atoms with Gasteiger partial charge in [0.05, 0.1) is 6.10 Å². The van der Waals surface area contributed by atoms with Gasteiger partial charge in [-0.05, 0) is 27.2 Å². The normalized spacial score (nSPS) is 13.1. The Morgan fingerprint density at radius 1 is 1.27 bits per heavy atom. The number of carbonyl (C=O) groups excluding carboxylic acids is 2. The molecule has 1 atom stereocenters. The van der Waals surface area contributed by atoms with Crippen molar-refractivity contribution < 1.29 is 19.1 Å². The summed E-state index contributed by atoms with van der Waals surface area (Å²) in [5, 5.41) is 0. The van der Waals surface area contributed by atoms with Crippen molar-refractivity contribution in [1.82, 2.24) is 0 Å². The fourth-order valence-corrected chi connectivity index (χ4v) is 0.806. The molecular formula is C11H20O4. The van der Waals surface area contributed by atoms with E-state index in [-0.39, 0.29) is 12.5 Å². The molecule has 4 nitrogen and oxygen atoms in total. The molecule has 0 bridgehead atoms. The Morgan fingerprint density at radius 2 is 1.80 bits per heavy atom. The third kappa shape index (κ3) is 4.81. The highest BCUT2D eigenvalue weighted by atomic mass is 16.6. The highest BCUT2D eigenvalue weighted by Gasteiger charge is 2.34. The highest BCUT2D eigenvalue weighted by Crippen LogP contribution is 2.14. The van der Waals surface area contributed by atoms with E-state index in [9.17, 15) is 9.59 Å². The van der Waals surface area contributed by atoms with Crippen molar-refractivity contribution in [1.29, 1.82) is 0 Å². The van der Waals surface area contributed by atoms with Crippen LogP contribution in [-0.4, -0.2) is 23.6 Å². The quantitative estimate of drug-likeness (QED) is 0.660. The van der Waals surface area contributed by atoms with Gasteiger partial charge in [-0.2, -0.15) is 0 Å². The summed E-state index contributed by atoms with van der Waals surface area (Å²) in [6.45, 7) is 8.47. The summed E-state index contributed by atoms with van der Waals surface area (Å²) in [7, 11) is 0. The number of hydrogen-bond donors (Lipinski definition) is 0. The molecule has 1 unspecified atom stereocenters. The number of carbonyl (C=O) groups is 2. The fraction of sp³-hybridized carbons (Fsp3) is 0.818. The summed E-state index contributed by atoms with van der Waals surface area (Å²) >= 11 is 0. The SMILES string of the molecule is CCC(=O)OC(C)(C)C(=O)OC(C)CC. The predicted molar refractivity (Wildman–Crippen MR) is 56.3 cm³/mol. The maximum absolute atomic E-state index is 11.6. The lowest BCUT2D eigenvalue weighted by atomic mass is 10.1. The van der Waals surface area contributed by atoms with Gasteiger partial charge in [0.1, 0.15) is 0 Å². The molecule has 0 spiro atoms. The van der Waals surface area contributed by atoms with E-state index in [1.165, 1.54) is 13.8 Å². The third-order valence-corrected chi connectivity index (χ3v) is 2.03. The average molecular weight is 216 g/mol. The average Bonchev–Trinajstić information content (AvgIpc) is 2.16. The van der Waals surface area contributed by atoms with Gasteiger partial charge in [-0.3, -0.25) is 4.79 Å². The lowest BCUT2D eigenvalue weighted by molar-refractivity contribution is -0.181. The molecule has 0 heterocycles. The van der Waals surface area contributed by atoms with Crippen molar-refractivity contribution in [2.24, 2.45) is 0 Å². The zero-order valence-electron chi connectivity index (χ0n) is 10.1. The predicted octanol–water partition coefficient (Wildman–Crippen LogP) is 2.06. The smallest absolute Gasteiger partial charge is 0.350 e. The van der Waals surface area contributed by atoms with Gasteiger partial charge >= 0.3 is 11.9 Å². The van der Waals surface area contributed by atoms with Gasteiger partial charge in [0.2, 0.25) is 5.60 Å². The second kappa shape index (κ2) is 5.73. The zero-order valence-corrected chi connectivity index (χ0v) is 10.1. The van der Waals surface area contributed by atoms with E-state index in [2.05, 4.69) is 0 Å². The molecule has 0 rings (SSSR count). The fourth-order valence-electron chi connectivity index (χ4n) is 0.806. The van der Waals surface area contributed by atoms with Gasteiger partial charge in [0, 0.05) is 6.42 Å². The molecule has 0 saturated heterocycles. The van der Waals surface area contributed by atoms with Crippen LogP contribution in [0, 0.1) is 0 Å². The van der Waals surface area contributed by atoms with Crippen LogP contribution in [0.15, 0.2) is 0 Å². The van der Waals surface area contributed by atoms with Gasteiger partial charge in [-0.25, -0.2) is 4.79 Å². The largest absolute Gasteiger partial charge is 0.460 e. The Kier molecular flexibility index (Phi) is 5.33. The second-order valence-corrected chi connectivity index (χ2v) is 3.96. The van der Waals surface area contributed by atoms with Crippen molar-refractivity contribution in [3.63, 3.8) is 0 Å². The van der Waals surface area contributed by atoms with Gasteiger partial charge in [0.15, 0.2) is 0 Å². The summed E-state index contributed by atoms with van der Waals surface area (Å²) in [4.78, 5) is 22.6. The Hall–Kier alpha value is -1.06. The van der Waals surface area contributed by atoms with Gasteiger partial charge in [-0.1, -0.05) is 13.8 Å². The lowest BCUT2D eigenvalue weighted by Gasteiger charge is -2.24. The topological polar surface area (TPSA) is 52.6 Å². The van der Waals surface area contributed by atoms with Crippen molar-refractivity contribution in [3.8, 4) is 0 Å². The first kappa shape index (κ1) is 13.9. The minimum absolute atomic E-state index is 0.155. The zero-order chi connectivity index (χ0) is 12.1. The summed E-state index contributed by atoms with van der Waals surface area (Å²) in [6, 6.07) is 0. The molecule has 0 aliphatic carbocycles. The molecular weight excluding hydrogens is 196 g/mol. The summed E-state index contributed by atoms with van der Waals surface area (Å²) in [6.07, 6.45) is 0.834. The van der Waals surface area contributed by atoms with E-state index in [0.717, 1.165) is 6.42 Å². The van der Waals surface area contributed by atoms with Crippen molar-refractivity contribution >= 4 is 11.9 Å². The van der Waals surface area contributed by atoms with E-state index < -0.39 is 17.5 Å². The molecule has 0 aliphatic heterocycles. The van der Waals surface area contributed by atoms with Crippen LogP contribution in [0.5, 0.6) is 0 Å². The van der Waals surface area contributed by atoms with Gasteiger partial charge < -0.3 is 9.47 Å². The van der Waals surface area contributed by atoms with E-state index in [1.54, 1.807) is 13.8 Å². The van der Waals surface area contributed by atoms with E-state index in [4.69, 9.17) is 9.47 Å². The van der Waals surface area contributed by atoms with Crippen molar-refractivity contribution in [2.75, 3.05) is 0 Å². The minimum atomic E-state index is -1.20. The second-order valence-electron chi connectivity index (χ2n) is 3.96.